The van der Waals surface area contributed by atoms with Crippen molar-refractivity contribution >= 4 is 0 Å². The molecule has 0 saturated heterocycles. The molecular formula is C13H19O. The number of aryl methyl sites for hydroxylation is 1. The van der Waals surface area contributed by atoms with E-state index in [1.54, 1.807) is 7.11 Å². The molecule has 1 nitrogen and oxygen atoms in total. The standard InChI is InChI=1S/C13H19O/c1-5-6-11-7-8-12(14-4)9-13(11)10(2)3/h7-10H,2,5-6H2,1,3-4H3. The van der Waals surface area contributed by atoms with E-state index in [2.05, 4.69) is 32.9 Å². The van der Waals surface area contributed by atoms with Crippen LogP contribution in [0, 0.1) is 6.92 Å². The highest BCUT2D eigenvalue weighted by Gasteiger charge is 2.07. The van der Waals surface area contributed by atoms with E-state index in [1.807, 2.05) is 6.07 Å². The van der Waals surface area contributed by atoms with Crippen molar-refractivity contribution in [2.75, 3.05) is 7.11 Å². The molecule has 0 aliphatic heterocycles. The van der Waals surface area contributed by atoms with Crippen molar-refractivity contribution in [3.8, 4) is 5.75 Å². The number of ether oxygens (including phenoxy) is 1. The molecule has 0 saturated carbocycles. The molecule has 0 aromatic heterocycles. The zero-order chi connectivity index (χ0) is 10.6. The van der Waals surface area contributed by atoms with Gasteiger partial charge in [-0.3, -0.25) is 0 Å². The summed E-state index contributed by atoms with van der Waals surface area (Å²) < 4.78 is 5.21. The molecule has 1 atom stereocenters. The Morgan fingerprint density at radius 1 is 1.43 bits per heavy atom. The highest BCUT2D eigenvalue weighted by molar-refractivity contribution is 5.38. The SMILES string of the molecule is [CH2]C(C)c1cc(OC)ccc1CCC. The van der Waals surface area contributed by atoms with Crippen LogP contribution in [-0.2, 0) is 6.42 Å². The smallest absolute Gasteiger partial charge is 0.119 e. The molecular weight excluding hydrogens is 172 g/mol. The van der Waals surface area contributed by atoms with E-state index in [0.717, 1.165) is 12.2 Å². The van der Waals surface area contributed by atoms with E-state index < -0.39 is 0 Å². The maximum Gasteiger partial charge on any atom is 0.119 e. The van der Waals surface area contributed by atoms with Gasteiger partial charge in [-0.15, -0.1) is 0 Å². The Labute approximate surface area is 87.1 Å². The second kappa shape index (κ2) is 5.04. The molecule has 0 aliphatic carbocycles. The first-order valence-corrected chi connectivity index (χ1v) is 5.19. The van der Waals surface area contributed by atoms with Gasteiger partial charge in [-0.05, 0) is 42.5 Å². The van der Waals surface area contributed by atoms with E-state index >= 15 is 0 Å². The highest BCUT2D eigenvalue weighted by atomic mass is 16.5. The van der Waals surface area contributed by atoms with Crippen LogP contribution in [0.4, 0.5) is 0 Å². The zero-order valence-corrected chi connectivity index (χ0v) is 9.34. The fourth-order valence-electron chi connectivity index (χ4n) is 1.66. The molecule has 77 valence electrons. The Bertz CT molecular complexity index is 289. The van der Waals surface area contributed by atoms with E-state index in [9.17, 15) is 0 Å². The summed E-state index contributed by atoms with van der Waals surface area (Å²) in [5.41, 5.74) is 2.71. The molecule has 0 heterocycles. The van der Waals surface area contributed by atoms with Crippen LogP contribution in [0.25, 0.3) is 0 Å². The van der Waals surface area contributed by atoms with Crippen LogP contribution in [-0.4, -0.2) is 7.11 Å². The van der Waals surface area contributed by atoms with Crippen LogP contribution in [0.15, 0.2) is 18.2 Å². The van der Waals surface area contributed by atoms with E-state index in [-0.39, 0.29) is 0 Å². The van der Waals surface area contributed by atoms with Gasteiger partial charge >= 0.3 is 0 Å². The highest BCUT2D eigenvalue weighted by Crippen LogP contribution is 2.25. The fraction of sp³-hybridized carbons (Fsp3) is 0.462. The summed E-state index contributed by atoms with van der Waals surface area (Å²) in [5, 5.41) is 0. The van der Waals surface area contributed by atoms with Crippen molar-refractivity contribution in [2.45, 2.75) is 32.6 Å². The summed E-state index contributed by atoms with van der Waals surface area (Å²) in [5.74, 6) is 1.25. The third-order valence-corrected chi connectivity index (χ3v) is 2.40. The Morgan fingerprint density at radius 2 is 2.14 bits per heavy atom. The van der Waals surface area contributed by atoms with E-state index in [0.29, 0.717) is 5.92 Å². The molecule has 14 heavy (non-hydrogen) atoms. The Kier molecular flexibility index (Phi) is 3.99. The largest absolute Gasteiger partial charge is 0.497 e. The fourth-order valence-corrected chi connectivity index (χ4v) is 1.66. The lowest BCUT2D eigenvalue weighted by Gasteiger charge is -2.13. The van der Waals surface area contributed by atoms with Crippen molar-refractivity contribution in [1.82, 2.24) is 0 Å². The third-order valence-electron chi connectivity index (χ3n) is 2.40. The summed E-state index contributed by atoms with van der Waals surface area (Å²) in [6.45, 7) is 8.39. The van der Waals surface area contributed by atoms with Gasteiger partial charge in [0.1, 0.15) is 5.75 Å². The summed E-state index contributed by atoms with van der Waals surface area (Å²) in [6, 6.07) is 6.28. The van der Waals surface area contributed by atoms with E-state index in [1.165, 1.54) is 17.5 Å². The molecule has 1 aromatic carbocycles. The molecule has 1 aromatic rings. The van der Waals surface area contributed by atoms with Crippen LogP contribution >= 0.6 is 0 Å². The Hall–Kier alpha value is -0.980. The minimum atomic E-state index is 0.326. The first kappa shape index (κ1) is 11.1. The average molecular weight is 191 g/mol. The first-order valence-electron chi connectivity index (χ1n) is 5.19. The summed E-state index contributed by atoms with van der Waals surface area (Å²) in [6.07, 6.45) is 2.30. The van der Waals surface area contributed by atoms with Crippen molar-refractivity contribution in [3.63, 3.8) is 0 Å². The number of hydrogen-bond donors (Lipinski definition) is 0. The monoisotopic (exact) mass is 191 g/mol. The van der Waals surface area contributed by atoms with Gasteiger partial charge < -0.3 is 4.74 Å². The quantitative estimate of drug-likeness (QED) is 0.706. The Morgan fingerprint density at radius 3 is 2.64 bits per heavy atom. The maximum absolute atomic E-state index is 5.21. The van der Waals surface area contributed by atoms with Gasteiger partial charge in [0.05, 0.1) is 7.11 Å². The molecule has 1 heteroatoms. The minimum Gasteiger partial charge on any atom is -0.497 e. The first-order chi connectivity index (χ1) is 6.69. The summed E-state index contributed by atoms with van der Waals surface area (Å²) >= 11 is 0. The normalized spacial score (nSPS) is 10.6. The second-order valence-electron chi connectivity index (χ2n) is 3.72. The topological polar surface area (TPSA) is 9.23 Å². The Balaban J connectivity index is 3.03. The zero-order valence-electron chi connectivity index (χ0n) is 9.34. The maximum atomic E-state index is 5.21. The van der Waals surface area contributed by atoms with Gasteiger partial charge in [0, 0.05) is 0 Å². The van der Waals surface area contributed by atoms with Gasteiger partial charge in [0.2, 0.25) is 0 Å². The van der Waals surface area contributed by atoms with Crippen molar-refractivity contribution in [3.05, 3.63) is 36.2 Å². The molecule has 1 rings (SSSR count). The number of hydrogen-bond acceptors (Lipinski definition) is 1. The molecule has 0 amide bonds. The van der Waals surface area contributed by atoms with Crippen LogP contribution in [0.2, 0.25) is 0 Å². The van der Waals surface area contributed by atoms with Gasteiger partial charge in [-0.1, -0.05) is 26.3 Å². The van der Waals surface area contributed by atoms with Gasteiger partial charge in [0.25, 0.3) is 0 Å². The molecule has 0 spiro atoms. The van der Waals surface area contributed by atoms with Crippen molar-refractivity contribution < 1.29 is 4.74 Å². The third kappa shape index (κ3) is 2.50. The second-order valence-corrected chi connectivity index (χ2v) is 3.72. The van der Waals surface area contributed by atoms with Gasteiger partial charge in [-0.25, -0.2) is 0 Å². The number of methoxy groups -OCH3 is 1. The predicted molar refractivity (Wildman–Crippen MR) is 60.8 cm³/mol. The molecule has 0 bridgehead atoms. The lowest BCUT2D eigenvalue weighted by Crippen LogP contribution is -1.97. The van der Waals surface area contributed by atoms with Gasteiger partial charge in [-0.2, -0.15) is 0 Å². The summed E-state index contributed by atoms with van der Waals surface area (Å²) in [7, 11) is 1.70. The molecule has 0 N–H and O–H groups in total. The molecule has 1 radical (unpaired) electrons. The van der Waals surface area contributed by atoms with Crippen LogP contribution < -0.4 is 4.74 Å². The number of benzene rings is 1. The van der Waals surface area contributed by atoms with Crippen LogP contribution in [0.1, 0.15) is 37.3 Å². The van der Waals surface area contributed by atoms with Crippen molar-refractivity contribution in [2.24, 2.45) is 0 Å². The van der Waals surface area contributed by atoms with Crippen LogP contribution in [0.5, 0.6) is 5.75 Å². The predicted octanol–water partition coefficient (Wildman–Crippen LogP) is 3.59. The number of rotatable bonds is 4. The molecule has 0 aliphatic rings. The lowest BCUT2D eigenvalue weighted by atomic mass is 9.94. The van der Waals surface area contributed by atoms with E-state index in [4.69, 9.17) is 4.74 Å². The van der Waals surface area contributed by atoms with Gasteiger partial charge in [0.15, 0.2) is 0 Å². The molecule has 1 unspecified atom stereocenters. The minimum absolute atomic E-state index is 0.326. The summed E-state index contributed by atoms with van der Waals surface area (Å²) in [4.78, 5) is 0. The van der Waals surface area contributed by atoms with Crippen molar-refractivity contribution in [1.29, 1.82) is 0 Å². The average Bonchev–Trinajstić information content (AvgIpc) is 2.18. The van der Waals surface area contributed by atoms with Crippen LogP contribution in [0.3, 0.4) is 0 Å². The lowest BCUT2D eigenvalue weighted by molar-refractivity contribution is 0.414. The molecule has 0 fully saturated rings.